The summed E-state index contributed by atoms with van der Waals surface area (Å²) in [5.41, 5.74) is 1.69. The molecule has 0 aliphatic carbocycles. The monoisotopic (exact) mass is 386 g/mol. The van der Waals surface area contributed by atoms with Crippen LogP contribution in [0.15, 0.2) is 30.3 Å². The smallest absolute Gasteiger partial charge is 0.410 e. The number of aromatic nitrogens is 3. The summed E-state index contributed by atoms with van der Waals surface area (Å²) in [7, 11) is 0. The molecule has 2 aromatic rings. The molecular formula is C20H26N4O4. The number of likely N-dealkylation sites (tertiary alicyclic amines) is 1. The molecule has 1 aromatic heterocycles. The Labute approximate surface area is 164 Å². The van der Waals surface area contributed by atoms with Gasteiger partial charge in [-0.15, -0.1) is 5.10 Å². The summed E-state index contributed by atoms with van der Waals surface area (Å²) in [5, 5.41) is 8.69. The molecule has 1 fully saturated rings. The zero-order valence-electron chi connectivity index (χ0n) is 16.5. The average Bonchev–Trinajstić information content (AvgIpc) is 3.09. The lowest BCUT2D eigenvalue weighted by Crippen LogP contribution is -2.46. The molecule has 8 heteroatoms. The Bertz CT molecular complexity index is 821. The summed E-state index contributed by atoms with van der Waals surface area (Å²) in [5.74, 6) is -0.477. The van der Waals surface area contributed by atoms with Crippen LogP contribution in [0.1, 0.15) is 54.5 Å². The zero-order chi connectivity index (χ0) is 20.1. The largest absolute Gasteiger partial charge is 0.461 e. The van der Waals surface area contributed by atoms with Crippen molar-refractivity contribution in [1.82, 2.24) is 19.9 Å². The van der Waals surface area contributed by atoms with E-state index in [9.17, 15) is 9.59 Å². The fourth-order valence-electron chi connectivity index (χ4n) is 3.28. The van der Waals surface area contributed by atoms with Crippen LogP contribution in [-0.2, 0) is 16.1 Å². The van der Waals surface area contributed by atoms with E-state index in [0.29, 0.717) is 12.2 Å². The standard InChI is InChI=1S/C20H26N4O4/c1-4-27-19(25)18-15(3)21-24(22-18)17-11-10-14(2)23(12-17)20(26)28-13-16-8-6-5-7-9-16/h5-9,14,17H,4,10-13H2,1-3H3/t14-,17-/m1/s1. The summed E-state index contributed by atoms with van der Waals surface area (Å²) in [6, 6.07) is 9.55. The van der Waals surface area contributed by atoms with Gasteiger partial charge in [0, 0.05) is 12.6 Å². The number of hydrogen-bond donors (Lipinski definition) is 0. The first kappa shape index (κ1) is 19.9. The van der Waals surface area contributed by atoms with E-state index in [0.717, 1.165) is 18.4 Å². The Balaban J connectivity index is 1.66. The third-order valence-corrected chi connectivity index (χ3v) is 4.89. The molecule has 0 bridgehead atoms. The number of piperidine rings is 1. The Morgan fingerprint density at radius 1 is 1.14 bits per heavy atom. The molecule has 1 aliphatic rings. The predicted molar refractivity (Wildman–Crippen MR) is 102 cm³/mol. The van der Waals surface area contributed by atoms with E-state index < -0.39 is 5.97 Å². The lowest BCUT2D eigenvalue weighted by Gasteiger charge is -2.36. The van der Waals surface area contributed by atoms with E-state index in [1.807, 2.05) is 37.3 Å². The maximum Gasteiger partial charge on any atom is 0.410 e. The normalized spacial score (nSPS) is 19.3. The Kier molecular flexibility index (Phi) is 6.28. The number of carbonyl (C=O) groups excluding carboxylic acids is 2. The summed E-state index contributed by atoms with van der Waals surface area (Å²) in [6.45, 7) is 6.44. The number of benzene rings is 1. The number of amides is 1. The third kappa shape index (κ3) is 4.49. The van der Waals surface area contributed by atoms with Gasteiger partial charge in [0.15, 0.2) is 5.69 Å². The zero-order valence-corrected chi connectivity index (χ0v) is 16.5. The van der Waals surface area contributed by atoms with Crippen molar-refractivity contribution in [1.29, 1.82) is 0 Å². The van der Waals surface area contributed by atoms with E-state index in [1.165, 1.54) is 4.80 Å². The molecule has 3 rings (SSSR count). The van der Waals surface area contributed by atoms with Crippen LogP contribution in [0, 0.1) is 6.92 Å². The molecule has 1 aromatic carbocycles. The number of nitrogens with zero attached hydrogens (tertiary/aromatic N) is 4. The van der Waals surface area contributed by atoms with Gasteiger partial charge < -0.3 is 14.4 Å². The Morgan fingerprint density at radius 3 is 2.61 bits per heavy atom. The van der Waals surface area contributed by atoms with Crippen LogP contribution in [-0.4, -0.2) is 51.1 Å². The number of carbonyl (C=O) groups is 2. The van der Waals surface area contributed by atoms with E-state index in [2.05, 4.69) is 10.2 Å². The Hall–Kier alpha value is -2.90. The van der Waals surface area contributed by atoms with Crippen LogP contribution in [0.4, 0.5) is 4.79 Å². The van der Waals surface area contributed by atoms with Crippen molar-refractivity contribution in [3.8, 4) is 0 Å². The molecule has 2 atom stereocenters. The van der Waals surface area contributed by atoms with Crippen molar-refractivity contribution in [3.63, 3.8) is 0 Å². The van der Waals surface area contributed by atoms with Crippen LogP contribution in [0.3, 0.4) is 0 Å². The molecule has 0 saturated carbocycles. The second-order valence-corrected chi connectivity index (χ2v) is 6.95. The molecule has 1 amide bonds. The van der Waals surface area contributed by atoms with Crippen molar-refractivity contribution in [2.45, 2.75) is 52.3 Å². The topological polar surface area (TPSA) is 86.6 Å². The van der Waals surface area contributed by atoms with Crippen LogP contribution < -0.4 is 0 Å². The Morgan fingerprint density at radius 2 is 1.89 bits per heavy atom. The summed E-state index contributed by atoms with van der Waals surface area (Å²) >= 11 is 0. The van der Waals surface area contributed by atoms with Gasteiger partial charge in [0.25, 0.3) is 0 Å². The molecule has 0 spiro atoms. The van der Waals surface area contributed by atoms with Gasteiger partial charge in [0.1, 0.15) is 6.61 Å². The van der Waals surface area contributed by atoms with E-state index >= 15 is 0 Å². The fraction of sp³-hybridized carbons (Fsp3) is 0.500. The maximum absolute atomic E-state index is 12.6. The molecule has 150 valence electrons. The highest BCUT2D eigenvalue weighted by Gasteiger charge is 2.32. The van der Waals surface area contributed by atoms with Crippen molar-refractivity contribution in [2.75, 3.05) is 13.2 Å². The van der Waals surface area contributed by atoms with Gasteiger partial charge in [-0.25, -0.2) is 9.59 Å². The van der Waals surface area contributed by atoms with Crippen molar-refractivity contribution < 1.29 is 19.1 Å². The van der Waals surface area contributed by atoms with Gasteiger partial charge in [-0.3, -0.25) is 0 Å². The van der Waals surface area contributed by atoms with E-state index in [4.69, 9.17) is 9.47 Å². The SMILES string of the molecule is CCOC(=O)c1nn([C@@H]2CC[C@@H](C)N(C(=O)OCc3ccccc3)C2)nc1C. The highest BCUT2D eigenvalue weighted by atomic mass is 16.6. The summed E-state index contributed by atoms with van der Waals surface area (Å²) < 4.78 is 10.5. The van der Waals surface area contributed by atoms with Crippen LogP contribution in [0.25, 0.3) is 0 Å². The quantitative estimate of drug-likeness (QED) is 0.734. The lowest BCUT2D eigenvalue weighted by atomic mass is 10.0. The van der Waals surface area contributed by atoms with Crippen molar-refractivity contribution in [3.05, 3.63) is 47.3 Å². The number of hydrogen-bond acceptors (Lipinski definition) is 6. The predicted octanol–water partition coefficient (Wildman–Crippen LogP) is 3.13. The number of aryl methyl sites for hydroxylation is 1. The highest BCUT2D eigenvalue weighted by Crippen LogP contribution is 2.26. The van der Waals surface area contributed by atoms with Gasteiger partial charge in [-0.1, -0.05) is 30.3 Å². The van der Waals surface area contributed by atoms with E-state index in [1.54, 1.807) is 18.7 Å². The molecule has 1 aliphatic heterocycles. The first-order chi connectivity index (χ1) is 13.5. The number of esters is 1. The number of ether oxygens (including phenoxy) is 2. The first-order valence-electron chi connectivity index (χ1n) is 9.57. The molecule has 8 nitrogen and oxygen atoms in total. The summed E-state index contributed by atoms with van der Waals surface area (Å²) in [4.78, 5) is 27.8. The minimum atomic E-state index is -0.477. The van der Waals surface area contributed by atoms with Gasteiger partial charge >= 0.3 is 12.1 Å². The molecule has 1 saturated heterocycles. The first-order valence-corrected chi connectivity index (χ1v) is 9.57. The van der Waals surface area contributed by atoms with Gasteiger partial charge in [0.05, 0.1) is 18.3 Å². The second kappa shape index (κ2) is 8.86. The molecular weight excluding hydrogens is 360 g/mol. The number of rotatable bonds is 5. The maximum atomic E-state index is 12.6. The molecule has 2 heterocycles. The second-order valence-electron chi connectivity index (χ2n) is 6.95. The van der Waals surface area contributed by atoms with Crippen molar-refractivity contribution >= 4 is 12.1 Å². The van der Waals surface area contributed by atoms with E-state index in [-0.39, 0.29) is 37.1 Å². The average molecular weight is 386 g/mol. The third-order valence-electron chi connectivity index (χ3n) is 4.89. The molecule has 0 N–H and O–H groups in total. The fourth-order valence-corrected chi connectivity index (χ4v) is 3.28. The van der Waals surface area contributed by atoms with Crippen LogP contribution in [0.2, 0.25) is 0 Å². The highest BCUT2D eigenvalue weighted by molar-refractivity contribution is 5.88. The lowest BCUT2D eigenvalue weighted by molar-refractivity contribution is 0.0504. The molecule has 28 heavy (non-hydrogen) atoms. The van der Waals surface area contributed by atoms with Gasteiger partial charge in [-0.2, -0.15) is 9.90 Å². The van der Waals surface area contributed by atoms with Gasteiger partial charge in [0.2, 0.25) is 0 Å². The minimum Gasteiger partial charge on any atom is -0.461 e. The minimum absolute atomic E-state index is 0.0701. The van der Waals surface area contributed by atoms with Crippen molar-refractivity contribution in [2.24, 2.45) is 0 Å². The van der Waals surface area contributed by atoms with Crippen LogP contribution in [0.5, 0.6) is 0 Å². The molecule has 0 radical (unpaired) electrons. The van der Waals surface area contributed by atoms with Gasteiger partial charge in [-0.05, 0) is 39.2 Å². The van der Waals surface area contributed by atoms with Crippen LogP contribution >= 0.6 is 0 Å². The summed E-state index contributed by atoms with van der Waals surface area (Å²) in [6.07, 6.45) is 1.27. The molecule has 0 unspecified atom stereocenters.